The molecule has 0 heterocycles. The lowest BCUT2D eigenvalue weighted by molar-refractivity contribution is 0.765. The van der Waals surface area contributed by atoms with Crippen molar-refractivity contribution in [2.24, 2.45) is 4.99 Å². The van der Waals surface area contributed by atoms with Crippen molar-refractivity contribution in [3.63, 3.8) is 0 Å². The second-order valence-corrected chi connectivity index (χ2v) is 3.48. The fourth-order valence-corrected chi connectivity index (χ4v) is 1.49. The molecule has 0 saturated carbocycles. The van der Waals surface area contributed by atoms with Crippen molar-refractivity contribution in [1.82, 2.24) is 10.9 Å². The fraction of sp³-hybridized carbons (Fsp3) is 0.222. The van der Waals surface area contributed by atoms with E-state index in [9.17, 15) is 0 Å². The topological polar surface area (TPSA) is 48.5 Å². The molecule has 0 saturated heterocycles. The van der Waals surface area contributed by atoms with Gasteiger partial charge in [0.25, 0.3) is 0 Å². The quantitative estimate of drug-likeness (QED) is 0.426. The van der Waals surface area contributed by atoms with Gasteiger partial charge in [-0.05, 0) is 12.1 Å². The maximum absolute atomic E-state index is 5.98. The van der Waals surface area contributed by atoms with E-state index in [1.54, 1.807) is 32.3 Å². The van der Waals surface area contributed by atoms with E-state index in [2.05, 4.69) is 21.2 Å². The standard InChI is InChI=1S/C9H12Cl2N4/c1-12-9(15-13-2)14-8-6(10)4-3-5-7(8)11/h3-5,13H,1-2H3,(H2,12,14,15). The third-order valence-electron chi connectivity index (χ3n) is 1.67. The number of hydrogen-bond donors (Lipinski definition) is 3. The maximum Gasteiger partial charge on any atom is 0.210 e. The number of hydrazine groups is 1. The number of hydrogen-bond acceptors (Lipinski definition) is 2. The number of anilines is 1. The van der Waals surface area contributed by atoms with Gasteiger partial charge in [0.15, 0.2) is 0 Å². The van der Waals surface area contributed by atoms with Gasteiger partial charge < -0.3 is 5.32 Å². The summed E-state index contributed by atoms with van der Waals surface area (Å²) in [6.07, 6.45) is 0. The molecule has 15 heavy (non-hydrogen) atoms. The largest absolute Gasteiger partial charge is 0.323 e. The predicted octanol–water partition coefficient (Wildman–Crippen LogP) is 2.12. The molecule has 1 aromatic carbocycles. The normalized spacial score (nSPS) is 11.3. The first-order valence-electron chi connectivity index (χ1n) is 4.29. The molecule has 0 aliphatic carbocycles. The molecule has 0 aromatic heterocycles. The molecule has 0 amide bonds. The highest BCUT2D eigenvalue weighted by atomic mass is 35.5. The minimum atomic E-state index is 0.535. The first kappa shape index (κ1) is 12.1. The zero-order valence-electron chi connectivity index (χ0n) is 8.44. The number of guanidine groups is 1. The molecule has 3 N–H and O–H groups in total. The van der Waals surface area contributed by atoms with Crippen molar-refractivity contribution < 1.29 is 0 Å². The molecule has 0 spiro atoms. The number of benzene rings is 1. The summed E-state index contributed by atoms with van der Waals surface area (Å²) in [5.74, 6) is 0.535. The fourth-order valence-electron chi connectivity index (χ4n) is 0.997. The molecule has 0 unspecified atom stereocenters. The van der Waals surface area contributed by atoms with Gasteiger partial charge in [0.2, 0.25) is 5.96 Å². The SMILES string of the molecule is CN=C(NNC)Nc1c(Cl)cccc1Cl. The third kappa shape index (κ3) is 3.27. The molecule has 82 valence electrons. The van der Waals surface area contributed by atoms with Gasteiger partial charge in [0.1, 0.15) is 0 Å². The van der Waals surface area contributed by atoms with E-state index in [4.69, 9.17) is 23.2 Å². The lowest BCUT2D eigenvalue weighted by Gasteiger charge is -2.12. The van der Waals surface area contributed by atoms with E-state index in [0.717, 1.165) is 0 Å². The summed E-state index contributed by atoms with van der Waals surface area (Å²) in [7, 11) is 3.39. The minimum Gasteiger partial charge on any atom is -0.323 e. The Balaban J connectivity index is 2.88. The van der Waals surface area contributed by atoms with Gasteiger partial charge in [-0.1, -0.05) is 29.3 Å². The summed E-state index contributed by atoms with van der Waals surface area (Å²) in [5.41, 5.74) is 6.18. The number of nitrogens with zero attached hydrogens (tertiary/aromatic N) is 1. The summed E-state index contributed by atoms with van der Waals surface area (Å²) < 4.78 is 0. The molecule has 4 nitrogen and oxygen atoms in total. The smallest absolute Gasteiger partial charge is 0.210 e. The zero-order valence-corrected chi connectivity index (χ0v) is 9.95. The molecule has 0 aliphatic rings. The summed E-state index contributed by atoms with van der Waals surface area (Å²) in [6, 6.07) is 5.29. The highest BCUT2D eigenvalue weighted by Gasteiger charge is 2.06. The van der Waals surface area contributed by atoms with Gasteiger partial charge in [0.05, 0.1) is 15.7 Å². The Labute approximate surface area is 98.6 Å². The Morgan fingerprint density at radius 3 is 2.33 bits per heavy atom. The van der Waals surface area contributed by atoms with Crippen molar-refractivity contribution >= 4 is 34.8 Å². The van der Waals surface area contributed by atoms with E-state index < -0.39 is 0 Å². The molecular formula is C9H12Cl2N4. The molecule has 1 rings (SSSR count). The zero-order chi connectivity index (χ0) is 11.3. The Hall–Kier alpha value is -0.970. The Morgan fingerprint density at radius 1 is 1.27 bits per heavy atom. The van der Waals surface area contributed by atoms with Crippen LogP contribution in [0.5, 0.6) is 0 Å². The van der Waals surface area contributed by atoms with Gasteiger partial charge >= 0.3 is 0 Å². The van der Waals surface area contributed by atoms with Crippen molar-refractivity contribution in [2.75, 3.05) is 19.4 Å². The summed E-state index contributed by atoms with van der Waals surface area (Å²) in [5, 5.41) is 4.06. The Bertz CT molecular complexity index is 345. The summed E-state index contributed by atoms with van der Waals surface area (Å²) in [6.45, 7) is 0. The van der Waals surface area contributed by atoms with E-state index in [1.807, 2.05) is 0 Å². The Morgan fingerprint density at radius 2 is 1.87 bits per heavy atom. The summed E-state index contributed by atoms with van der Waals surface area (Å²) >= 11 is 12.0. The van der Waals surface area contributed by atoms with E-state index in [0.29, 0.717) is 21.7 Å². The average Bonchev–Trinajstić information content (AvgIpc) is 2.22. The van der Waals surface area contributed by atoms with Gasteiger partial charge in [0, 0.05) is 14.1 Å². The number of rotatable bonds is 2. The van der Waals surface area contributed by atoms with Crippen LogP contribution in [0.1, 0.15) is 0 Å². The van der Waals surface area contributed by atoms with Gasteiger partial charge in [-0.2, -0.15) is 0 Å². The molecule has 0 bridgehead atoms. The highest BCUT2D eigenvalue weighted by Crippen LogP contribution is 2.29. The second kappa shape index (κ2) is 5.80. The lowest BCUT2D eigenvalue weighted by Crippen LogP contribution is -2.39. The van der Waals surface area contributed by atoms with Crippen LogP contribution in [-0.4, -0.2) is 20.1 Å². The van der Waals surface area contributed by atoms with E-state index in [-0.39, 0.29) is 0 Å². The third-order valence-corrected chi connectivity index (χ3v) is 2.30. The average molecular weight is 247 g/mol. The highest BCUT2D eigenvalue weighted by molar-refractivity contribution is 6.39. The monoisotopic (exact) mass is 246 g/mol. The second-order valence-electron chi connectivity index (χ2n) is 2.67. The van der Waals surface area contributed by atoms with Crippen LogP contribution in [0.2, 0.25) is 10.0 Å². The molecule has 1 aromatic rings. The van der Waals surface area contributed by atoms with E-state index in [1.165, 1.54) is 0 Å². The number of halogens is 2. The van der Waals surface area contributed by atoms with E-state index >= 15 is 0 Å². The van der Waals surface area contributed by atoms with Gasteiger partial charge in [-0.3, -0.25) is 10.4 Å². The van der Waals surface area contributed by atoms with Crippen LogP contribution in [0, 0.1) is 0 Å². The number of para-hydroxylation sites is 1. The van der Waals surface area contributed by atoms with Crippen molar-refractivity contribution in [2.45, 2.75) is 0 Å². The van der Waals surface area contributed by atoms with Gasteiger partial charge in [-0.25, -0.2) is 5.43 Å². The van der Waals surface area contributed by atoms with Crippen molar-refractivity contribution in [3.8, 4) is 0 Å². The van der Waals surface area contributed by atoms with Crippen molar-refractivity contribution in [1.29, 1.82) is 0 Å². The molecule has 0 aliphatic heterocycles. The van der Waals surface area contributed by atoms with Crippen LogP contribution in [0.25, 0.3) is 0 Å². The summed E-state index contributed by atoms with van der Waals surface area (Å²) in [4.78, 5) is 3.97. The number of aliphatic imine (C=N–C) groups is 1. The van der Waals surface area contributed by atoms with Crippen LogP contribution in [0.4, 0.5) is 5.69 Å². The molecule has 6 heteroatoms. The van der Waals surface area contributed by atoms with Crippen LogP contribution in [0.3, 0.4) is 0 Å². The lowest BCUT2D eigenvalue weighted by atomic mass is 10.3. The van der Waals surface area contributed by atoms with Crippen LogP contribution in [-0.2, 0) is 0 Å². The minimum absolute atomic E-state index is 0.535. The number of nitrogens with one attached hydrogen (secondary N) is 3. The van der Waals surface area contributed by atoms with Gasteiger partial charge in [-0.15, -0.1) is 0 Å². The van der Waals surface area contributed by atoms with Crippen molar-refractivity contribution in [3.05, 3.63) is 28.2 Å². The first-order chi connectivity index (χ1) is 7.19. The Kier molecular flexibility index (Phi) is 4.68. The molecule has 0 fully saturated rings. The van der Waals surface area contributed by atoms with Crippen LogP contribution >= 0.6 is 23.2 Å². The molecule has 0 atom stereocenters. The molecule has 0 radical (unpaired) electrons. The van der Waals surface area contributed by atoms with Crippen LogP contribution in [0.15, 0.2) is 23.2 Å². The van der Waals surface area contributed by atoms with Crippen LogP contribution < -0.4 is 16.2 Å². The maximum atomic E-state index is 5.98. The predicted molar refractivity (Wildman–Crippen MR) is 65.6 cm³/mol. The molecular weight excluding hydrogens is 235 g/mol. The first-order valence-corrected chi connectivity index (χ1v) is 5.05.